The van der Waals surface area contributed by atoms with E-state index in [2.05, 4.69) is 21.7 Å². The van der Waals surface area contributed by atoms with Gasteiger partial charge in [0, 0.05) is 23.3 Å². The lowest BCUT2D eigenvalue weighted by molar-refractivity contribution is 0.102. The number of carbonyl (C=O) groups excluding carboxylic acids is 1. The summed E-state index contributed by atoms with van der Waals surface area (Å²) in [4.78, 5) is 16.3. The molecule has 0 saturated heterocycles. The third-order valence-electron chi connectivity index (χ3n) is 3.38. The maximum absolute atomic E-state index is 12.9. The third-order valence-corrected chi connectivity index (χ3v) is 3.38. The number of pyridine rings is 1. The number of hydrogen-bond donors (Lipinski definition) is 2. The lowest BCUT2D eigenvalue weighted by atomic mass is 10.2. The van der Waals surface area contributed by atoms with Gasteiger partial charge in [0.05, 0.1) is 11.6 Å². The molecule has 0 aliphatic heterocycles. The van der Waals surface area contributed by atoms with E-state index in [1.54, 1.807) is 30.3 Å². The second kappa shape index (κ2) is 7.23. The summed E-state index contributed by atoms with van der Waals surface area (Å²) in [5, 5.41) is 14.7. The van der Waals surface area contributed by atoms with Gasteiger partial charge in [-0.05, 0) is 54.6 Å². The quantitative estimate of drug-likeness (QED) is 0.754. The number of nitrogens with zero attached hydrogens (tertiary/aromatic N) is 2. The highest BCUT2D eigenvalue weighted by Gasteiger charge is 2.09. The zero-order chi connectivity index (χ0) is 17.6. The van der Waals surface area contributed by atoms with Crippen LogP contribution in [-0.4, -0.2) is 10.9 Å². The molecule has 3 aromatic rings. The number of hydrogen-bond acceptors (Lipinski definition) is 4. The molecule has 1 amide bonds. The highest BCUT2D eigenvalue weighted by atomic mass is 19.1. The Bertz CT molecular complexity index is 948. The van der Waals surface area contributed by atoms with Gasteiger partial charge in [-0.1, -0.05) is 6.07 Å². The molecule has 2 N–H and O–H groups in total. The highest BCUT2D eigenvalue weighted by molar-refractivity contribution is 6.03. The molecule has 122 valence electrons. The highest BCUT2D eigenvalue weighted by Crippen LogP contribution is 2.18. The maximum atomic E-state index is 12.9. The molecule has 0 radical (unpaired) electrons. The first kappa shape index (κ1) is 16.1. The number of anilines is 3. The summed E-state index contributed by atoms with van der Waals surface area (Å²) in [6, 6.07) is 17.9. The van der Waals surface area contributed by atoms with Crippen molar-refractivity contribution < 1.29 is 9.18 Å². The van der Waals surface area contributed by atoms with Gasteiger partial charge >= 0.3 is 0 Å². The van der Waals surface area contributed by atoms with E-state index in [0.717, 1.165) is 5.69 Å². The molecule has 1 aromatic heterocycles. The molecular formula is C19H13FN4O. The molecule has 0 saturated carbocycles. The fraction of sp³-hybridized carbons (Fsp3) is 0. The predicted octanol–water partition coefficient (Wildman–Crippen LogP) is 4.09. The Morgan fingerprint density at radius 2 is 1.76 bits per heavy atom. The normalized spacial score (nSPS) is 9.92. The van der Waals surface area contributed by atoms with Gasteiger partial charge in [0.25, 0.3) is 5.91 Å². The van der Waals surface area contributed by atoms with Gasteiger partial charge in [0.15, 0.2) is 0 Å². The van der Waals surface area contributed by atoms with Crippen molar-refractivity contribution in [2.75, 3.05) is 10.6 Å². The number of rotatable bonds is 4. The monoisotopic (exact) mass is 332 g/mol. The number of benzene rings is 2. The number of nitrogens with one attached hydrogen (secondary N) is 2. The minimum absolute atomic E-state index is 0.214. The van der Waals surface area contributed by atoms with Crippen LogP contribution in [-0.2, 0) is 0 Å². The van der Waals surface area contributed by atoms with Gasteiger partial charge in [0.2, 0.25) is 0 Å². The van der Waals surface area contributed by atoms with E-state index in [4.69, 9.17) is 5.26 Å². The Kier molecular flexibility index (Phi) is 4.67. The number of nitriles is 1. The lowest BCUT2D eigenvalue weighted by Gasteiger charge is -2.09. The molecule has 0 unspecified atom stereocenters. The van der Waals surface area contributed by atoms with Gasteiger partial charge in [-0.15, -0.1) is 0 Å². The van der Waals surface area contributed by atoms with Crippen LogP contribution < -0.4 is 10.6 Å². The van der Waals surface area contributed by atoms with Crippen molar-refractivity contribution in [3.63, 3.8) is 0 Å². The molecule has 0 atom stereocenters. The average molecular weight is 332 g/mol. The molecule has 0 fully saturated rings. The molecule has 0 aliphatic carbocycles. The molecular weight excluding hydrogens is 319 g/mol. The van der Waals surface area contributed by atoms with Gasteiger partial charge in [-0.2, -0.15) is 5.26 Å². The fourth-order valence-corrected chi connectivity index (χ4v) is 2.19. The summed E-state index contributed by atoms with van der Waals surface area (Å²) in [7, 11) is 0. The van der Waals surface area contributed by atoms with E-state index < -0.39 is 5.91 Å². The van der Waals surface area contributed by atoms with Crippen LogP contribution in [0.4, 0.5) is 21.5 Å². The summed E-state index contributed by atoms with van der Waals surface area (Å²) in [5.74, 6) is -0.775. The summed E-state index contributed by atoms with van der Waals surface area (Å²) >= 11 is 0. The van der Waals surface area contributed by atoms with Crippen molar-refractivity contribution in [2.24, 2.45) is 0 Å². The smallest absolute Gasteiger partial charge is 0.274 e. The van der Waals surface area contributed by atoms with E-state index >= 15 is 0 Å². The Labute approximate surface area is 143 Å². The number of amides is 1. The summed E-state index contributed by atoms with van der Waals surface area (Å²) in [6.45, 7) is 0. The van der Waals surface area contributed by atoms with E-state index in [0.29, 0.717) is 16.9 Å². The molecule has 0 aliphatic rings. The minimum Gasteiger partial charge on any atom is -0.355 e. The Morgan fingerprint density at radius 1 is 1.00 bits per heavy atom. The second-order valence-electron chi connectivity index (χ2n) is 5.21. The van der Waals surface area contributed by atoms with Crippen LogP contribution in [0.25, 0.3) is 0 Å². The number of halogens is 1. The van der Waals surface area contributed by atoms with E-state index in [1.165, 1.54) is 30.5 Å². The molecule has 6 heteroatoms. The third kappa shape index (κ3) is 4.18. The summed E-state index contributed by atoms with van der Waals surface area (Å²) < 4.78 is 12.9. The van der Waals surface area contributed by atoms with Crippen LogP contribution in [0, 0.1) is 17.1 Å². The van der Waals surface area contributed by atoms with E-state index in [1.807, 2.05) is 6.07 Å². The summed E-state index contributed by atoms with van der Waals surface area (Å²) in [6.07, 6.45) is 1.51. The Balaban J connectivity index is 1.75. The van der Waals surface area contributed by atoms with Gasteiger partial charge in [-0.25, -0.2) is 4.39 Å². The maximum Gasteiger partial charge on any atom is 0.274 e. The van der Waals surface area contributed by atoms with Crippen molar-refractivity contribution in [3.05, 3.63) is 83.9 Å². The fourth-order valence-electron chi connectivity index (χ4n) is 2.19. The molecule has 0 spiro atoms. The largest absolute Gasteiger partial charge is 0.355 e. The number of aromatic nitrogens is 1. The first-order valence-corrected chi connectivity index (χ1v) is 7.44. The standard InChI is InChI=1S/C19H13FN4O/c20-14-4-6-15(7-5-14)24-19(25)18-11-17(8-9-22-18)23-16-3-1-2-13(10-16)12-21/h1-11H,(H,22,23)(H,24,25). The topological polar surface area (TPSA) is 77.8 Å². The molecule has 1 heterocycles. The van der Waals surface area contributed by atoms with Gasteiger partial charge in [0.1, 0.15) is 11.5 Å². The molecule has 0 bridgehead atoms. The molecule has 25 heavy (non-hydrogen) atoms. The van der Waals surface area contributed by atoms with Crippen LogP contribution >= 0.6 is 0 Å². The van der Waals surface area contributed by atoms with Crippen LogP contribution in [0.1, 0.15) is 16.1 Å². The van der Waals surface area contributed by atoms with Crippen molar-refractivity contribution in [1.29, 1.82) is 5.26 Å². The zero-order valence-corrected chi connectivity index (χ0v) is 13.0. The molecule has 5 nitrogen and oxygen atoms in total. The lowest BCUT2D eigenvalue weighted by Crippen LogP contribution is -2.13. The van der Waals surface area contributed by atoms with Crippen molar-refractivity contribution in [3.8, 4) is 6.07 Å². The van der Waals surface area contributed by atoms with Crippen molar-refractivity contribution >= 4 is 23.0 Å². The van der Waals surface area contributed by atoms with Crippen LogP contribution in [0.15, 0.2) is 66.9 Å². The second-order valence-corrected chi connectivity index (χ2v) is 5.21. The first-order valence-electron chi connectivity index (χ1n) is 7.44. The summed E-state index contributed by atoms with van der Waals surface area (Å²) in [5.41, 5.74) is 2.62. The minimum atomic E-state index is -0.402. The van der Waals surface area contributed by atoms with Crippen LogP contribution in [0.3, 0.4) is 0 Å². The van der Waals surface area contributed by atoms with E-state index in [-0.39, 0.29) is 11.5 Å². The number of carbonyl (C=O) groups is 1. The van der Waals surface area contributed by atoms with E-state index in [9.17, 15) is 9.18 Å². The van der Waals surface area contributed by atoms with Crippen LogP contribution in [0.2, 0.25) is 0 Å². The van der Waals surface area contributed by atoms with Crippen LogP contribution in [0.5, 0.6) is 0 Å². The van der Waals surface area contributed by atoms with Crippen molar-refractivity contribution in [2.45, 2.75) is 0 Å². The molecule has 2 aromatic carbocycles. The average Bonchev–Trinajstić information content (AvgIpc) is 2.64. The Hall–Kier alpha value is -3.72. The van der Waals surface area contributed by atoms with Gasteiger partial charge < -0.3 is 10.6 Å². The first-order chi connectivity index (χ1) is 12.1. The predicted molar refractivity (Wildman–Crippen MR) is 93.0 cm³/mol. The SMILES string of the molecule is N#Cc1cccc(Nc2ccnc(C(=O)Nc3ccc(F)cc3)c2)c1. The zero-order valence-electron chi connectivity index (χ0n) is 13.0. The molecule has 3 rings (SSSR count). The van der Waals surface area contributed by atoms with Gasteiger partial charge in [-0.3, -0.25) is 9.78 Å². The van der Waals surface area contributed by atoms with Crippen molar-refractivity contribution in [1.82, 2.24) is 4.98 Å². The Morgan fingerprint density at radius 3 is 2.52 bits per heavy atom.